The van der Waals surface area contributed by atoms with Crippen LogP contribution in [0.2, 0.25) is 0 Å². The minimum Gasteiger partial charge on any atom is -0.343 e. The summed E-state index contributed by atoms with van der Waals surface area (Å²) in [6.07, 6.45) is -1.86. The Balaban J connectivity index is 1.57. The molecule has 0 aromatic heterocycles. The first-order valence-corrected chi connectivity index (χ1v) is 10.2. The third kappa shape index (κ3) is 3.44. The minimum atomic E-state index is -1.29. The first-order chi connectivity index (χ1) is 16.0. The van der Waals surface area contributed by atoms with Gasteiger partial charge in [0, 0.05) is 17.7 Å². The van der Waals surface area contributed by atoms with E-state index in [0.29, 0.717) is 11.1 Å². The Morgan fingerprint density at radius 3 is 1.94 bits per heavy atom. The van der Waals surface area contributed by atoms with Crippen LogP contribution >= 0.6 is 0 Å². The molecule has 9 nitrogen and oxygen atoms in total. The number of nitro benzene ring substituents is 1. The molecule has 0 bridgehead atoms. The molecule has 0 spiro atoms. The second-order valence-electron chi connectivity index (χ2n) is 7.68. The number of imide groups is 1. The number of hydrogen-bond donors (Lipinski definition) is 1. The lowest BCUT2D eigenvalue weighted by molar-refractivity contribution is -0.384. The minimum absolute atomic E-state index is 0.129. The summed E-state index contributed by atoms with van der Waals surface area (Å²) in [6.45, 7) is 0. The summed E-state index contributed by atoms with van der Waals surface area (Å²) in [7, 11) is 0. The van der Waals surface area contributed by atoms with Gasteiger partial charge in [0.05, 0.1) is 16.1 Å². The van der Waals surface area contributed by atoms with Crippen LogP contribution in [0.5, 0.6) is 0 Å². The van der Waals surface area contributed by atoms with Crippen molar-refractivity contribution in [3.8, 4) is 0 Å². The number of hydrogen-bond acceptors (Lipinski definition) is 6. The number of carbonyl (C=O) groups is 3. The molecular weight excluding hydrogens is 426 g/mol. The molecule has 1 fully saturated rings. The van der Waals surface area contributed by atoms with Crippen LogP contribution in [0.15, 0.2) is 78.9 Å². The summed E-state index contributed by atoms with van der Waals surface area (Å²) in [5, 5.41) is 13.8. The first-order valence-electron chi connectivity index (χ1n) is 10.2. The van der Waals surface area contributed by atoms with Crippen molar-refractivity contribution in [2.24, 2.45) is 0 Å². The molecule has 0 radical (unpaired) electrons. The van der Waals surface area contributed by atoms with Gasteiger partial charge in [-0.2, -0.15) is 0 Å². The van der Waals surface area contributed by atoms with Crippen LogP contribution in [-0.4, -0.2) is 33.6 Å². The second-order valence-corrected chi connectivity index (χ2v) is 7.68. The summed E-state index contributed by atoms with van der Waals surface area (Å²) in [6, 6.07) is 19.5. The van der Waals surface area contributed by atoms with Gasteiger partial charge < -0.3 is 10.1 Å². The number of nitrogens with zero attached hydrogens (tertiary/aromatic N) is 2. The molecule has 3 atom stereocenters. The number of rotatable bonds is 4. The van der Waals surface area contributed by atoms with Crippen molar-refractivity contribution < 1.29 is 24.0 Å². The van der Waals surface area contributed by atoms with Crippen molar-refractivity contribution in [1.82, 2.24) is 10.2 Å². The zero-order chi connectivity index (χ0) is 23.1. The number of nitrogens with one attached hydrogen (secondary N) is 1. The van der Waals surface area contributed by atoms with Gasteiger partial charge in [-0.3, -0.25) is 29.4 Å². The van der Waals surface area contributed by atoms with E-state index in [-0.39, 0.29) is 16.8 Å². The molecule has 2 aliphatic rings. The maximum atomic E-state index is 13.3. The molecule has 9 heteroatoms. The SMILES string of the molecule is O=C1NC(c2ccccc2)OC(c2ccc([N+](=O)[O-])cc2)C1N1C(=O)c2ccccc2C1=O. The maximum Gasteiger partial charge on any atom is 0.269 e. The number of non-ortho nitro benzene ring substituents is 1. The number of fused-ring (bicyclic) bond motifs is 1. The number of amides is 3. The predicted octanol–water partition coefficient (Wildman–Crippen LogP) is 3.15. The molecule has 2 aliphatic heterocycles. The van der Waals surface area contributed by atoms with Crippen LogP contribution in [0.1, 0.15) is 44.2 Å². The van der Waals surface area contributed by atoms with E-state index in [1.807, 2.05) is 6.07 Å². The summed E-state index contributed by atoms with van der Waals surface area (Å²) in [5.74, 6) is -1.75. The standard InChI is InChI=1S/C24H17N3O6/c28-21-19(26-23(29)17-8-4-5-9-18(17)24(26)30)20(14-10-12-16(13-11-14)27(31)32)33-22(25-21)15-6-2-1-3-7-15/h1-13,19-20,22H,(H,25,28). The lowest BCUT2D eigenvalue weighted by Gasteiger charge is -2.40. The van der Waals surface area contributed by atoms with E-state index < -0.39 is 41.0 Å². The quantitative estimate of drug-likeness (QED) is 0.376. The topological polar surface area (TPSA) is 119 Å². The third-order valence-electron chi connectivity index (χ3n) is 5.75. The third-order valence-corrected chi connectivity index (χ3v) is 5.75. The number of benzene rings is 3. The van der Waals surface area contributed by atoms with E-state index in [1.54, 1.807) is 36.4 Å². The van der Waals surface area contributed by atoms with E-state index >= 15 is 0 Å². The highest BCUT2D eigenvalue weighted by atomic mass is 16.6. The number of nitro groups is 1. The molecule has 5 rings (SSSR count). The molecule has 164 valence electrons. The van der Waals surface area contributed by atoms with E-state index in [4.69, 9.17) is 4.74 Å². The van der Waals surface area contributed by atoms with Gasteiger partial charge in [-0.25, -0.2) is 0 Å². The fourth-order valence-corrected chi connectivity index (χ4v) is 4.16. The van der Waals surface area contributed by atoms with Gasteiger partial charge in [-0.05, 0) is 29.8 Å². The van der Waals surface area contributed by atoms with E-state index in [9.17, 15) is 24.5 Å². The molecule has 1 saturated heterocycles. The smallest absolute Gasteiger partial charge is 0.269 e. The largest absolute Gasteiger partial charge is 0.343 e. The Labute approximate surface area is 187 Å². The van der Waals surface area contributed by atoms with Gasteiger partial charge in [0.2, 0.25) is 5.91 Å². The summed E-state index contributed by atoms with van der Waals surface area (Å²) in [5.41, 5.74) is 1.40. The number of ether oxygens (including phenoxy) is 1. The monoisotopic (exact) mass is 443 g/mol. The Morgan fingerprint density at radius 1 is 0.788 bits per heavy atom. The van der Waals surface area contributed by atoms with Crippen LogP contribution in [0, 0.1) is 10.1 Å². The maximum absolute atomic E-state index is 13.3. The lowest BCUT2D eigenvalue weighted by atomic mass is 9.97. The Morgan fingerprint density at radius 2 is 1.36 bits per heavy atom. The molecule has 0 saturated carbocycles. The van der Waals surface area contributed by atoms with Crippen molar-refractivity contribution in [2.45, 2.75) is 18.4 Å². The van der Waals surface area contributed by atoms with Crippen molar-refractivity contribution in [2.75, 3.05) is 0 Å². The summed E-state index contributed by atoms with van der Waals surface area (Å²) in [4.78, 5) is 51.0. The van der Waals surface area contributed by atoms with Gasteiger partial charge in [-0.1, -0.05) is 42.5 Å². The average molecular weight is 443 g/mol. The fourth-order valence-electron chi connectivity index (χ4n) is 4.16. The highest BCUT2D eigenvalue weighted by Gasteiger charge is 2.50. The Hall–Kier alpha value is -4.37. The van der Waals surface area contributed by atoms with E-state index in [2.05, 4.69) is 5.32 Å². The molecule has 3 aromatic carbocycles. The molecule has 3 unspecified atom stereocenters. The molecule has 2 heterocycles. The zero-order valence-electron chi connectivity index (χ0n) is 17.1. The van der Waals surface area contributed by atoms with Crippen LogP contribution in [0.3, 0.4) is 0 Å². The molecule has 0 aliphatic carbocycles. The molecule has 33 heavy (non-hydrogen) atoms. The van der Waals surface area contributed by atoms with Crippen LogP contribution in [-0.2, 0) is 9.53 Å². The average Bonchev–Trinajstić information content (AvgIpc) is 3.09. The van der Waals surface area contributed by atoms with Crippen molar-refractivity contribution in [1.29, 1.82) is 0 Å². The van der Waals surface area contributed by atoms with Crippen molar-refractivity contribution in [3.05, 3.63) is 111 Å². The van der Waals surface area contributed by atoms with Crippen molar-refractivity contribution in [3.63, 3.8) is 0 Å². The second kappa shape index (κ2) is 7.95. The van der Waals surface area contributed by atoms with Crippen LogP contribution in [0.25, 0.3) is 0 Å². The molecule has 3 aromatic rings. The fraction of sp³-hybridized carbons (Fsp3) is 0.125. The summed E-state index contributed by atoms with van der Waals surface area (Å²) >= 11 is 0. The predicted molar refractivity (Wildman–Crippen MR) is 115 cm³/mol. The van der Waals surface area contributed by atoms with Gasteiger partial charge >= 0.3 is 0 Å². The van der Waals surface area contributed by atoms with Gasteiger partial charge in [0.15, 0.2) is 6.23 Å². The van der Waals surface area contributed by atoms with E-state index in [1.165, 1.54) is 36.4 Å². The zero-order valence-corrected chi connectivity index (χ0v) is 17.1. The molecule has 1 N–H and O–H groups in total. The molecule has 3 amide bonds. The van der Waals surface area contributed by atoms with Gasteiger partial charge in [0.25, 0.3) is 17.5 Å². The van der Waals surface area contributed by atoms with Crippen LogP contribution < -0.4 is 5.32 Å². The Kier molecular flexibility index (Phi) is 4.95. The van der Waals surface area contributed by atoms with Gasteiger partial charge in [0.1, 0.15) is 12.1 Å². The van der Waals surface area contributed by atoms with Crippen LogP contribution in [0.4, 0.5) is 5.69 Å². The number of carbonyl (C=O) groups excluding carboxylic acids is 3. The van der Waals surface area contributed by atoms with E-state index in [0.717, 1.165) is 4.90 Å². The lowest BCUT2D eigenvalue weighted by Crippen LogP contribution is -2.57. The normalized spacial score (nSPS) is 22.1. The highest BCUT2D eigenvalue weighted by Crippen LogP contribution is 2.38. The van der Waals surface area contributed by atoms with Crippen molar-refractivity contribution >= 4 is 23.4 Å². The Bertz CT molecular complexity index is 1240. The highest BCUT2D eigenvalue weighted by molar-refractivity contribution is 6.23. The molecular formula is C24H17N3O6. The summed E-state index contributed by atoms with van der Waals surface area (Å²) < 4.78 is 6.20. The van der Waals surface area contributed by atoms with Gasteiger partial charge in [-0.15, -0.1) is 0 Å². The first kappa shape index (κ1) is 20.5.